The summed E-state index contributed by atoms with van der Waals surface area (Å²) in [6.45, 7) is 1.66. The fourth-order valence-corrected chi connectivity index (χ4v) is 3.89. The molecule has 1 aliphatic rings. The van der Waals surface area contributed by atoms with Gasteiger partial charge in [0.05, 0.1) is 17.7 Å². The van der Waals surface area contributed by atoms with E-state index >= 15 is 0 Å². The molecule has 5 heteroatoms. The van der Waals surface area contributed by atoms with Gasteiger partial charge < -0.3 is 10.1 Å². The molecular weight excluding hydrogens is 362 g/mol. The third-order valence-electron chi connectivity index (χ3n) is 5.55. The van der Waals surface area contributed by atoms with Crippen LogP contribution in [0, 0.1) is 5.41 Å². The summed E-state index contributed by atoms with van der Waals surface area (Å²) in [5, 5.41) is 3.11. The van der Waals surface area contributed by atoms with Gasteiger partial charge in [0.2, 0.25) is 5.91 Å². The van der Waals surface area contributed by atoms with Crippen molar-refractivity contribution in [3.63, 3.8) is 0 Å². The van der Waals surface area contributed by atoms with Gasteiger partial charge in [0.1, 0.15) is 0 Å². The highest BCUT2D eigenvalue weighted by atomic mass is 16.5. The summed E-state index contributed by atoms with van der Waals surface area (Å²) >= 11 is 0. The van der Waals surface area contributed by atoms with Crippen LogP contribution >= 0.6 is 0 Å². The fourth-order valence-electron chi connectivity index (χ4n) is 3.89. The fraction of sp³-hybridized carbons (Fsp3) is 0.292. The molecule has 3 aromatic rings. The lowest BCUT2D eigenvalue weighted by molar-refractivity contribution is -0.136. The Morgan fingerprint density at radius 2 is 1.86 bits per heavy atom. The minimum absolute atomic E-state index is 0.0817. The Labute approximate surface area is 171 Å². The van der Waals surface area contributed by atoms with E-state index in [2.05, 4.69) is 45.6 Å². The number of nitrogens with one attached hydrogen (secondary N) is 1. The molecule has 1 saturated heterocycles. The normalized spacial score (nSPS) is 15.6. The number of rotatable bonds is 6. The topological polar surface area (TPSA) is 64.1 Å². The van der Waals surface area contributed by atoms with Crippen LogP contribution in [0.1, 0.15) is 24.1 Å². The molecule has 1 aromatic carbocycles. The number of ether oxygens (including phenoxy) is 1. The number of carbonyl (C=O) groups is 1. The van der Waals surface area contributed by atoms with Crippen molar-refractivity contribution in [3.05, 3.63) is 84.4 Å². The van der Waals surface area contributed by atoms with Gasteiger partial charge in [0.25, 0.3) is 0 Å². The molecule has 1 amide bonds. The number of carbonyl (C=O) groups excluding carboxylic acids is 1. The summed E-state index contributed by atoms with van der Waals surface area (Å²) in [7, 11) is 0. The van der Waals surface area contributed by atoms with E-state index in [0.29, 0.717) is 26.2 Å². The Morgan fingerprint density at radius 1 is 1.00 bits per heavy atom. The maximum Gasteiger partial charge on any atom is 0.227 e. The van der Waals surface area contributed by atoms with Crippen molar-refractivity contribution in [2.45, 2.75) is 25.8 Å². The molecule has 1 aliphatic heterocycles. The monoisotopic (exact) mass is 387 g/mol. The van der Waals surface area contributed by atoms with Gasteiger partial charge in [-0.15, -0.1) is 0 Å². The predicted octanol–water partition coefficient (Wildman–Crippen LogP) is 3.80. The molecule has 3 heterocycles. The van der Waals surface area contributed by atoms with E-state index in [4.69, 9.17) is 4.74 Å². The summed E-state index contributed by atoms with van der Waals surface area (Å²) in [5.41, 5.74) is 3.75. The lowest BCUT2D eigenvalue weighted by Gasteiger charge is -2.36. The maximum atomic E-state index is 13.2. The number of amides is 1. The summed E-state index contributed by atoms with van der Waals surface area (Å²) in [6, 6.07) is 18.1. The molecule has 29 heavy (non-hydrogen) atoms. The van der Waals surface area contributed by atoms with E-state index in [1.165, 1.54) is 0 Å². The van der Waals surface area contributed by atoms with E-state index in [1.54, 1.807) is 12.4 Å². The summed E-state index contributed by atoms with van der Waals surface area (Å²) in [4.78, 5) is 21.8. The predicted molar refractivity (Wildman–Crippen MR) is 112 cm³/mol. The molecule has 0 radical (unpaired) electrons. The van der Waals surface area contributed by atoms with Gasteiger partial charge >= 0.3 is 0 Å². The van der Waals surface area contributed by atoms with Gasteiger partial charge in [0.15, 0.2) is 0 Å². The number of aromatic nitrogens is 2. The largest absolute Gasteiger partial charge is 0.381 e. The Kier molecular flexibility index (Phi) is 5.96. The Hall–Kier alpha value is -3.05. The lowest BCUT2D eigenvalue weighted by atomic mass is 9.74. The zero-order chi connectivity index (χ0) is 19.9. The van der Waals surface area contributed by atoms with Crippen LogP contribution in [0.2, 0.25) is 0 Å². The third kappa shape index (κ3) is 4.69. The highest BCUT2D eigenvalue weighted by Crippen LogP contribution is 2.35. The van der Waals surface area contributed by atoms with Crippen molar-refractivity contribution in [2.24, 2.45) is 5.41 Å². The minimum Gasteiger partial charge on any atom is -0.381 e. The van der Waals surface area contributed by atoms with Crippen LogP contribution in [0.25, 0.3) is 11.1 Å². The van der Waals surface area contributed by atoms with Crippen LogP contribution in [-0.2, 0) is 22.5 Å². The lowest BCUT2D eigenvalue weighted by Crippen LogP contribution is -2.46. The first-order chi connectivity index (χ1) is 14.3. The van der Waals surface area contributed by atoms with E-state index in [9.17, 15) is 4.79 Å². The van der Waals surface area contributed by atoms with Gasteiger partial charge in [-0.25, -0.2) is 0 Å². The molecule has 4 rings (SSSR count). The Morgan fingerprint density at radius 3 is 2.62 bits per heavy atom. The van der Waals surface area contributed by atoms with Crippen molar-refractivity contribution in [2.75, 3.05) is 13.2 Å². The molecule has 0 saturated carbocycles. The first-order valence-electron chi connectivity index (χ1n) is 10.0. The maximum absolute atomic E-state index is 13.2. The summed E-state index contributed by atoms with van der Waals surface area (Å²) in [6.07, 6.45) is 7.52. The molecular formula is C24H25N3O2. The van der Waals surface area contributed by atoms with Crippen molar-refractivity contribution in [1.29, 1.82) is 0 Å². The van der Waals surface area contributed by atoms with Crippen LogP contribution in [-0.4, -0.2) is 29.1 Å². The second kappa shape index (κ2) is 8.97. The molecule has 148 valence electrons. The molecule has 0 bridgehead atoms. The molecule has 1 N–H and O–H groups in total. The first kappa shape index (κ1) is 19.3. The number of pyridine rings is 2. The molecule has 1 fully saturated rings. The number of hydrogen-bond donors (Lipinski definition) is 1. The summed E-state index contributed by atoms with van der Waals surface area (Å²) < 4.78 is 5.57. The first-order valence-corrected chi connectivity index (χ1v) is 10.0. The SMILES string of the molecule is O=C(NCc1ccccn1)C1(Cc2cccc(-c3cccnc3)c2)CCOCC1. The second-order valence-electron chi connectivity index (χ2n) is 7.52. The van der Waals surface area contributed by atoms with Crippen molar-refractivity contribution in [3.8, 4) is 11.1 Å². The highest BCUT2D eigenvalue weighted by Gasteiger charge is 2.40. The molecule has 0 atom stereocenters. The zero-order valence-electron chi connectivity index (χ0n) is 16.4. The van der Waals surface area contributed by atoms with E-state index < -0.39 is 5.41 Å². The molecule has 0 unspecified atom stereocenters. The smallest absolute Gasteiger partial charge is 0.227 e. The van der Waals surface area contributed by atoms with E-state index in [-0.39, 0.29) is 5.91 Å². The second-order valence-corrected chi connectivity index (χ2v) is 7.52. The zero-order valence-corrected chi connectivity index (χ0v) is 16.4. The molecule has 5 nitrogen and oxygen atoms in total. The Bertz CT molecular complexity index is 939. The van der Waals surface area contributed by atoms with Crippen LogP contribution in [0.5, 0.6) is 0 Å². The van der Waals surface area contributed by atoms with Gasteiger partial charge in [-0.2, -0.15) is 0 Å². The Balaban J connectivity index is 1.53. The highest BCUT2D eigenvalue weighted by molar-refractivity contribution is 5.83. The van der Waals surface area contributed by atoms with Crippen LogP contribution in [0.15, 0.2) is 73.2 Å². The van der Waals surface area contributed by atoms with Crippen molar-refractivity contribution < 1.29 is 9.53 Å². The molecule has 0 spiro atoms. The van der Waals surface area contributed by atoms with Crippen LogP contribution in [0.4, 0.5) is 0 Å². The number of nitrogens with zero attached hydrogens (tertiary/aromatic N) is 2. The quantitative estimate of drug-likeness (QED) is 0.699. The van der Waals surface area contributed by atoms with Gasteiger partial charge in [-0.05, 0) is 54.2 Å². The van der Waals surface area contributed by atoms with Crippen molar-refractivity contribution >= 4 is 5.91 Å². The van der Waals surface area contributed by atoms with Gasteiger partial charge in [0, 0.05) is 31.8 Å². The standard InChI is InChI=1S/C24H25N3O2/c28-23(27-18-22-8-1-2-12-26-22)24(9-13-29-14-10-24)16-19-5-3-6-20(15-19)21-7-4-11-25-17-21/h1-8,11-12,15,17H,9-10,13-14,16,18H2,(H,27,28). The molecule has 0 aliphatic carbocycles. The molecule has 2 aromatic heterocycles. The third-order valence-corrected chi connectivity index (χ3v) is 5.55. The van der Waals surface area contributed by atoms with Crippen LogP contribution < -0.4 is 5.32 Å². The van der Waals surface area contributed by atoms with Crippen LogP contribution in [0.3, 0.4) is 0 Å². The number of hydrogen-bond acceptors (Lipinski definition) is 4. The van der Waals surface area contributed by atoms with Crippen molar-refractivity contribution in [1.82, 2.24) is 15.3 Å². The van der Waals surface area contributed by atoms with Gasteiger partial charge in [-0.3, -0.25) is 14.8 Å². The minimum atomic E-state index is -0.458. The van der Waals surface area contributed by atoms with E-state index in [1.807, 2.05) is 30.5 Å². The van der Waals surface area contributed by atoms with E-state index in [0.717, 1.165) is 35.2 Å². The van der Waals surface area contributed by atoms with Gasteiger partial charge in [-0.1, -0.05) is 36.4 Å². The average molecular weight is 387 g/mol. The summed E-state index contributed by atoms with van der Waals surface area (Å²) in [5.74, 6) is 0.0817. The number of benzene rings is 1. The average Bonchev–Trinajstić information content (AvgIpc) is 2.79.